The molecule has 1 aliphatic heterocycles. The van der Waals surface area contributed by atoms with Gasteiger partial charge >= 0.3 is 12.1 Å². The lowest BCUT2D eigenvalue weighted by Gasteiger charge is -2.30. The predicted octanol–water partition coefficient (Wildman–Crippen LogP) is 3.79. The summed E-state index contributed by atoms with van der Waals surface area (Å²) in [5.74, 6) is -2.84. The maximum atomic E-state index is 14.6. The predicted molar refractivity (Wildman–Crippen MR) is 94.8 cm³/mol. The summed E-state index contributed by atoms with van der Waals surface area (Å²) in [7, 11) is -3.63. The van der Waals surface area contributed by atoms with Crippen LogP contribution in [0.1, 0.15) is 17.0 Å². The van der Waals surface area contributed by atoms with Crippen molar-refractivity contribution in [2.45, 2.75) is 19.1 Å². The van der Waals surface area contributed by atoms with Gasteiger partial charge in [-0.1, -0.05) is 35.5 Å². The van der Waals surface area contributed by atoms with Crippen molar-refractivity contribution in [2.75, 3.05) is 10.1 Å². The fourth-order valence-corrected chi connectivity index (χ4v) is 4.59. The van der Waals surface area contributed by atoms with Gasteiger partial charge in [0.15, 0.2) is 0 Å². The number of aryl methyl sites for hydroxylation is 1. The zero-order valence-corrected chi connectivity index (χ0v) is 15.5. The van der Waals surface area contributed by atoms with E-state index in [1.54, 1.807) is 18.2 Å². The molecule has 0 N–H and O–H groups in total. The third-order valence-electron chi connectivity index (χ3n) is 4.52. The lowest BCUT2D eigenvalue weighted by atomic mass is 10.1. The molecule has 3 aromatic rings. The summed E-state index contributed by atoms with van der Waals surface area (Å²) in [6.07, 6.45) is -4.43. The van der Waals surface area contributed by atoms with E-state index >= 15 is 0 Å². The standard InChI is InChI=1S/C18H13F4N3O3S/c19-14-9-12(16-23-17(28-24-16)18(20,21)22)5-6-13(14)10-25-15-4-2-1-3-11(15)7-8-29(25,26)27/h1-6,9H,7-8,10H2. The fraction of sp³-hybridized carbons (Fsp3) is 0.222. The van der Waals surface area contributed by atoms with Gasteiger partial charge in [-0.2, -0.15) is 18.2 Å². The van der Waals surface area contributed by atoms with Crippen LogP contribution in [0, 0.1) is 5.82 Å². The number of sulfonamides is 1. The first-order valence-corrected chi connectivity index (χ1v) is 10.0. The molecule has 0 amide bonds. The number of aromatic nitrogens is 2. The van der Waals surface area contributed by atoms with Gasteiger partial charge in [-0.05, 0) is 24.1 Å². The highest BCUT2D eigenvalue weighted by Crippen LogP contribution is 2.32. The number of anilines is 1. The third kappa shape index (κ3) is 3.69. The van der Waals surface area contributed by atoms with Gasteiger partial charge in [0.1, 0.15) is 5.82 Å². The maximum absolute atomic E-state index is 14.6. The molecular formula is C18H13F4N3O3S. The van der Waals surface area contributed by atoms with Crippen LogP contribution in [0.3, 0.4) is 0 Å². The molecule has 0 aliphatic carbocycles. The van der Waals surface area contributed by atoms with E-state index in [9.17, 15) is 26.0 Å². The molecule has 4 rings (SSSR count). The van der Waals surface area contributed by atoms with E-state index in [0.717, 1.165) is 15.9 Å². The largest absolute Gasteiger partial charge is 0.471 e. The van der Waals surface area contributed by atoms with Crippen LogP contribution in [-0.2, 0) is 29.2 Å². The van der Waals surface area contributed by atoms with Crippen LogP contribution in [0.2, 0.25) is 0 Å². The molecule has 0 radical (unpaired) electrons. The van der Waals surface area contributed by atoms with Crippen LogP contribution in [0.5, 0.6) is 0 Å². The molecule has 0 unspecified atom stereocenters. The highest BCUT2D eigenvalue weighted by molar-refractivity contribution is 7.92. The molecule has 11 heteroatoms. The van der Waals surface area contributed by atoms with Gasteiger partial charge in [0.25, 0.3) is 0 Å². The number of para-hydroxylation sites is 1. The SMILES string of the molecule is O=S1(=O)CCc2ccccc2N1Cc1ccc(-c2noc(C(F)(F)F)n2)cc1F. The molecule has 0 saturated heterocycles. The fourth-order valence-electron chi connectivity index (χ4n) is 3.07. The Morgan fingerprint density at radius 2 is 1.90 bits per heavy atom. The van der Waals surface area contributed by atoms with E-state index in [4.69, 9.17) is 0 Å². The molecule has 0 saturated carbocycles. The van der Waals surface area contributed by atoms with E-state index in [0.29, 0.717) is 12.1 Å². The van der Waals surface area contributed by atoms with Crippen LogP contribution < -0.4 is 4.31 Å². The average molecular weight is 427 g/mol. The van der Waals surface area contributed by atoms with Gasteiger partial charge in [0.05, 0.1) is 18.0 Å². The number of rotatable bonds is 3. The number of benzene rings is 2. The number of nitrogens with zero attached hydrogens (tertiary/aromatic N) is 3. The van der Waals surface area contributed by atoms with Crippen LogP contribution >= 0.6 is 0 Å². The van der Waals surface area contributed by atoms with Gasteiger partial charge in [-0.3, -0.25) is 4.31 Å². The molecule has 1 aliphatic rings. The molecule has 2 heterocycles. The molecular weight excluding hydrogens is 414 g/mol. The first-order chi connectivity index (χ1) is 13.6. The Morgan fingerprint density at radius 1 is 1.14 bits per heavy atom. The Labute approximate surface area is 162 Å². The lowest BCUT2D eigenvalue weighted by Crippen LogP contribution is -2.37. The van der Waals surface area contributed by atoms with Crippen LogP contribution in [0.25, 0.3) is 11.4 Å². The van der Waals surface area contributed by atoms with Crippen molar-refractivity contribution in [1.29, 1.82) is 0 Å². The molecule has 0 spiro atoms. The number of alkyl halides is 3. The molecule has 29 heavy (non-hydrogen) atoms. The molecule has 1 aromatic heterocycles. The lowest BCUT2D eigenvalue weighted by molar-refractivity contribution is -0.159. The number of fused-ring (bicyclic) bond motifs is 1. The normalized spacial score (nSPS) is 15.9. The summed E-state index contributed by atoms with van der Waals surface area (Å²) in [6.45, 7) is -0.245. The maximum Gasteiger partial charge on any atom is 0.471 e. The minimum Gasteiger partial charge on any atom is -0.329 e. The molecule has 6 nitrogen and oxygen atoms in total. The average Bonchev–Trinajstić information content (AvgIpc) is 3.16. The quantitative estimate of drug-likeness (QED) is 0.595. The smallest absolute Gasteiger partial charge is 0.329 e. The second-order valence-electron chi connectivity index (χ2n) is 6.43. The zero-order valence-electron chi connectivity index (χ0n) is 14.6. The van der Waals surface area contributed by atoms with Crippen molar-refractivity contribution in [3.63, 3.8) is 0 Å². The van der Waals surface area contributed by atoms with E-state index in [1.165, 1.54) is 12.1 Å². The topological polar surface area (TPSA) is 76.3 Å². The Bertz CT molecular complexity index is 1180. The van der Waals surface area contributed by atoms with Crippen LogP contribution in [-0.4, -0.2) is 24.3 Å². The van der Waals surface area contributed by atoms with E-state index in [1.807, 2.05) is 6.07 Å². The highest BCUT2D eigenvalue weighted by Gasteiger charge is 2.38. The molecule has 0 atom stereocenters. The summed E-state index contributed by atoms with van der Waals surface area (Å²) in [6, 6.07) is 10.5. The van der Waals surface area contributed by atoms with Gasteiger partial charge in [-0.25, -0.2) is 12.8 Å². The minimum atomic E-state index is -4.81. The Hall–Kier alpha value is -2.95. The van der Waals surface area contributed by atoms with Crippen molar-refractivity contribution in [2.24, 2.45) is 0 Å². The number of hydrogen-bond acceptors (Lipinski definition) is 5. The third-order valence-corrected chi connectivity index (χ3v) is 6.24. The summed E-state index contributed by atoms with van der Waals surface area (Å²) in [4.78, 5) is 3.22. The minimum absolute atomic E-state index is 0.0209. The first kappa shape index (κ1) is 19.4. The van der Waals surface area contributed by atoms with Gasteiger partial charge in [0, 0.05) is 11.1 Å². The zero-order chi connectivity index (χ0) is 20.8. The van der Waals surface area contributed by atoms with Gasteiger partial charge in [-0.15, -0.1) is 0 Å². The molecule has 152 valence electrons. The molecule has 2 aromatic carbocycles. The van der Waals surface area contributed by atoms with Gasteiger partial charge in [0.2, 0.25) is 15.8 Å². The summed E-state index contributed by atoms with van der Waals surface area (Å²) >= 11 is 0. The Morgan fingerprint density at radius 3 is 2.59 bits per heavy atom. The summed E-state index contributed by atoms with van der Waals surface area (Å²) in [5.41, 5.74) is 1.36. The first-order valence-electron chi connectivity index (χ1n) is 8.43. The highest BCUT2D eigenvalue weighted by atomic mass is 32.2. The Kier molecular flexibility index (Phi) is 4.56. The van der Waals surface area contributed by atoms with Crippen molar-refractivity contribution < 1.29 is 30.5 Å². The second-order valence-corrected chi connectivity index (χ2v) is 8.44. The van der Waals surface area contributed by atoms with Crippen LogP contribution in [0.15, 0.2) is 47.0 Å². The summed E-state index contributed by atoms with van der Waals surface area (Å²) in [5, 5.41) is 3.21. The van der Waals surface area contributed by atoms with E-state index in [-0.39, 0.29) is 23.4 Å². The van der Waals surface area contributed by atoms with Crippen molar-refractivity contribution in [3.05, 3.63) is 65.3 Å². The molecule has 0 fully saturated rings. The summed E-state index contributed by atoms with van der Waals surface area (Å²) < 4.78 is 82.7. The monoisotopic (exact) mass is 427 g/mol. The number of hydrogen-bond donors (Lipinski definition) is 0. The second kappa shape index (κ2) is 6.83. The van der Waals surface area contributed by atoms with Crippen LogP contribution in [0.4, 0.5) is 23.2 Å². The van der Waals surface area contributed by atoms with Gasteiger partial charge < -0.3 is 4.52 Å². The van der Waals surface area contributed by atoms with Crippen molar-refractivity contribution in [3.8, 4) is 11.4 Å². The van der Waals surface area contributed by atoms with E-state index < -0.39 is 33.7 Å². The van der Waals surface area contributed by atoms with E-state index in [2.05, 4.69) is 14.7 Å². The van der Waals surface area contributed by atoms with Crippen molar-refractivity contribution in [1.82, 2.24) is 10.1 Å². The van der Waals surface area contributed by atoms with Crippen molar-refractivity contribution >= 4 is 15.7 Å². The molecule has 0 bridgehead atoms. The number of halogens is 4. The Balaban J connectivity index is 1.65.